The minimum Gasteiger partial charge on any atom is -0.379 e. The number of nitrogens with one attached hydrogen (secondary N) is 2. The number of fused-ring (bicyclic) bond motifs is 3. The molecule has 174 valence electrons. The Balaban J connectivity index is 1.29. The first kappa shape index (κ1) is 21.1. The van der Waals surface area contributed by atoms with Crippen molar-refractivity contribution in [3.05, 3.63) is 28.4 Å². The van der Waals surface area contributed by atoms with Gasteiger partial charge in [0.25, 0.3) is 0 Å². The van der Waals surface area contributed by atoms with Crippen LogP contribution in [-0.2, 0) is 22.4 Å². The normalized spacial score (nSPS) is 25.5. The highest BCUT2D eigenvalue weighted by Gasteiger charge is 2.53. The molecule has 6 rings (SSSR count). The quantitative estimate of drug-likeness (QED) is 0.612. The summed E-state index contributed by atoms with van der Waals surface area (Å²) in [6.45, 7) is 7.15. The van der Waals surface area contributed by atoms with Gasteiger partial charge in [0.1, 0.15) is 5.69 Å². The number of ether oxygens (including phenoxy) is 1. The highest BCUT2D eigenvalue weighted by atomic mass is 35.5. The Morgan fingerprint density at radius 2 is 2.15 bits per heavy atom. The van der Waals surface area contributed by atoms with Crippen LogP contribution in [-0.4, -0.2) is 70.4 Å². The van der Waals surface area contributed by atoms with Crippen molar-refractivity contribution in [2.45, 2.75) is 39.2 Å². The molecule has 0 bridgehead atoms. The molecule has 8 nitrogen and oxygen atoms in total. The molecular formula is C24H29ClN6O2. The number of anilines is 1. The minimum absolute atomic E-state index is 0.0249. The Morgan fingerprint density at radius 1 is 1.36 bits per heavy atom. The summed E-state index contributed by atoms with van der Waals surface area (Å²) in [6, 6.07) is 3.51. The van der Waals surface area contributed by atoms with Crippen molar-refractivity contribution in [1.82, 2.24) is 25.1 Å². The Labute approximate surface area is 197 Å². The van der Waals surface area contributed by atoms with Gasteiger partial charge in [0, 0.05) is 37.1 Å². The largest absolute Gasteiger partial charge is 0.379 e. The number of imidazole rings is 1. The van der Waals surface area contributed by atoms with E-state index in [9.17, 15) is 4.79 Å². The minimum atomic E-state index is -0.230. The molecule has 1 saturated carbocycles. The van der Waals surface area contributed by atoms with Gasteiger partial charge >= 0.3 is 0 Å². The van der Waals surface area contributed by atoms with E-state index in [4.69, 9.17) is 21.3 Å². The Bertz CT molecular complexity index is 1250. The predicted octanol–water partition coefficient (Wildman–Crippen LogP) is 3.41. The van der Waals surface area contributed by atoms with E-state index in [-0.39, 0.29) is 11.9 Å². The van der Waals surface area contributed by atoms with E-state index >= 15 is 0 Å². The maximum absolute atomic E-state index is 13.2. The van der Waals surface area contributed by atoms with Gasteiger partial charge in [-0.15, -0.1) is 0 Å². The first-order chi connectivity index (χ1) is 15.8. The number of rotatable bonds is 4. The molecular weight excluding hydrogens is 440 g/mol. The Kier molecular flexibility index (Phi) is 4.83. The zero-order valence-corrected chi connectivity index (χ0v) is 20.0. The number of hydrogen-bond acceptors (Lipinski definition) is 5. The number of nitrogens with zero attached hydrogens (tertiary/aromatic N) is 4. The van der Waals surface area contributed by atoms with Crippen LogP contribution in [0.15, 0.2) is 12.1 Å². The summed E-state index contributed by atoms with van der Waals surface area (Å²) in [5.74, 6) is 1.49. The van der Waals surface area contributed by atoms with Crippen LogP contribution in [0.5, 0.6) is 0 Å². The van der Waals surface area contributed by atoms with Crippen LogP contribution in [0.3, 0.4) is 0 Å². The van der Waals surface area contributed by atoms with E-state index in [0.717, 1.165) is 60.1 Å². The third-order valence-electron chi connectivity index (χ3n) is 7.94. The number of carbonyl (C=O) groups is 1. The fourth-order valence-electron chi connectivity index (χ4n) is 5.54. The zero-order valence-electron chi connectivity index (χ0n) is 19.2. The zero-order chi connectivity index (χ0) is 22.9. The van der Waals surface area contributed by atoms with Crippen LogP contribution >= 0.6 is 11.6 Å². The van der Waals surface area contributed by atoms with Gasteiger partial charge in [0.15, 0.2) is 5.82 Å². The van der Waals surface area contributed by atoms with E-state index < -0.39 is 0 Å². The highest BCUT2D eigenvalue weighted by Crippen LogP contribution is 2.59. The fraction of sp³-hybridized carbons (Fsp3) is 0.542. The predicted molar refractivity (Wildman–Crippen MR) is 128 cm³/mol. The second-order valence-corrected chi connectivity index (χ2v) is 10.5. The molecule has 3 heterocycles. The van der Waals surface area contributed by atoms with Crippen molar-refractivity contribution in [3.8, 4) is 11.5 Å². The van der Waals surface area contributed by atoms with Crippen molar-refractivity contribution in [2.75, 3.05) is 38.3 Å². The van der Waals surface area contributed by atoms with Crippen LogP contribution < -0.4 is 4.90 Å². The molecule has 1 saturated heterocycles. The number of H-pyrrole nitrogens is 2. The Hall–Kier alpha value is -2.42. The van der Waals surface area contributed by atoms with Gasteiger partial charge in [0.05, 0.1) is 35.3 Å². The SMILES string of the molecule is C[C@@H](C(=O)N(C)c1cc(Cl)c2[nH]c(-c3n[nH]c4c3C[C@@H]3C[C@]3(C)C4)nc2c1)N1CCOCC1. The van der Waals surface area contributed by atoms with Crippen LogP contribution in [0.4, 0.5) is 5.69 Å². The second kappa shape index (κ2) is 7.55. The summed E-state index contributed by atoms with van der Waals surface area (Å²) in [7, 11) is 1.79. The van der Waals surface area contributed by atoms with E-state index in [1.165, 1.54) is 17.7 Å². The highest BCUT2D eigenvalue weighted by molar-refractivity contribution is 6.35. The standard InChI is InChI=1S/C24H29ClN6O2/c1-13(31-4-6-33-7-5-31)23(32)30(3)15-9-17(25)21-18(10-15)26-22(27-21)20-16-8-14-11-24(14,2)12-19(16)28-29-20/h9-10,13-14H,4-8,11-12H2,1-3H3,(H,26,27)(H,28,29)/t13-,14+,24+/m0/s1. The second-order valence-electron chi connectivity index (χ2n) is 10.1. The number of benzene rings is 1. The maximum Gasteiger partial charge on any atom is 0.243 e. The number of halogens is 1. The van der Waals surface area contributed by atoms with Crippen LogP contribution in [0.2, 0.25) is 5.02 Å². The third kappa shape index (κ3) is 3.47. The van der Waals surface area contributed by atoms with Crippen molar-refractivity contribution in [1.29, 1.82) is 0 Å². The molecule has 0 radical (unpaired) electrons. The average molecular weight is 469 g/mol. The lowest BCUT2D eigenvalue weighted by Gasteiger charge is -2.33. The number of hydrogen-bond donors (Lipinski definition) is 2. The van der Waals surface area contributed by atoms with Gasteiger partial charge in [-0.3, -0.25) is 14.8 Å². The molecule has 33 heavy (non-hydrogen) atoms. The third-order valence-corrected chi connectivity index (χ3v) is 8.24. The lowest BCUT2D eigenvalue weighted by Crippen LogP contribution is -2.50. The summed E-state index contributed by atoms with van der Waals surface area (Å²) in [4.78, 5) is 25.2. The van der Waals surface area contributed by atoms with Gasteiger partial charge in [-0.25, -0.2) is 4.98 Å². The van der Waals surface area contributed by atoms with Gasteiger partial charge in [-0.1, -0.05) is 18.5 Å². The van der Waals surface area contributed by atoms with Crippen molar-refractivity contribution in [3.63, 3.8) is 0 Å². The van der Waals surface area contributed by atoms with Gasteiger partial charge in [0.2, 0.25) is 5.91 Å². The maximum atomic E-state index is 13.2. The number of likely N-dealkylation sites (N-methyl/N-ethyl adjacent to an activating group) is 1. The molecule has 3 aromatic rings. The van der Waals surface area contributed by atoms with Crippen molar-refractivity contribution < 1.29 is 9.53 Å². The molecule has 2 fully saturated rings. The monoisotopic (exact) mass is 468 g/mol. The van der Waals surface area contributed by atoms with Crippen LogP contribution in [0.25, 0.3) is 22.6 Å². The molecule has 1 aromatic carbocycles. The molecule has 2 N–H and O–H groups in total. The van der Waals surface area contributed by atoms with Gasteiger partial charge in [-0.05, 0) is 49.7 Å². The van der Waals surface area contributed by atoms with E-state index in [1.807, 2.05) is 19.1 Å². The lowest BCUT2D eigenvalue weighted by atomic mass is 9.88. The van der Waals surface area contributed by atoms with Gasteiger partial charge in [-0.2, -0.15) is 5.10 Å². The van der Waals surface area contributed by atoms with E-state index in [0.29, 0.717) is 23.7 Å². The van der Waals surface area contributed by atoms with Gasteiger partial charge < -0.3 is 14.6 Å². The molecule has 2 aliphatic carbocycles. The molecule has 3 atom stereocenters. The van der Waals surface area contributed by atoms with Crippen LogP contribution in [0, 0.1) is 11.3 Å². The summed E-state index contributed by atoms with van der Waals surface area (Å²) >= 11 is 6.64. The molecule has 9 heteroatoms. The van der Waals surface area contributed by atoms with Crippen LogP contribution in [0.1, 0.15) is 31.5 Å². The average Bonchev–Trinajstić information content (AvgIpc) is 3.11. The van der Waals surface area contributed by atoms with Crippen molar-refractivity contribution >= 4 is 34.2 Å². The number of aromatic nitrogens is 4. The summed E-state index contributed by atoms with van der Waals surface area (Å²) < 4.78 is 5.42. The molecule has 1 aliphatic heterocycles. The smallest absolute Gasteiger partial charge is 0.243 e. The fourth-order valence-corrected chi connectivity index (χ4v) is 5.80. The number of carbonyl (C=O) groups excluding carboxylic acids is 1. The molecule has 3 aliphatic rings. The summed E-state index contributed by atoms with van der Waals surface area (Å²) in [5.41, 5.74) is 6.06. The lowest BCUT2D eigenvalue weighted by molar-refractivity contribution is -0.124. The Morgan fingerprint density at radius 3 is 2.94 bits per heavy atom. The number of amides is 1. The number of morpholine rings is 1. The number of aromatic amines is 2. The summed E-state index contributed by atoms with van der Waals surface area (Å²) in [5, 5.41) is 8.38. The molecule has 0 unspecified atom stereocenters. The molecule has 0 spiro atoms. The van der Waals surface area contributed by atoms with E-state index in [1.54, 1.807) is 11.9 Å². The molecule has 2 aromatic heterocycles. The van der Waals surface area contributed by atoms with E-state index in [2.05, 4.69) is 27.0 Å². The summed E-state index contributed by atoms with van der Waals surface area (Å²) in [6.07, 6.45) is 3.39. The van der Waals surface area contributed by atoms with Crippen molar-refractivity contribution in [2.24, 2.45) is 11.3 Å². The topological polar surface area (TPSA) is 90.1 Å². The molecule has 1 amide bonds. The first-order valence-electron chi connectivity index (χ1n) is 11.7. The first-order valence-corrected chi connectivity index (χ1v) is 12.1.